The monoisotopic (exact) mass is 572 g/mol. The summed E-state index contributed by atoms with van der Waals surface area (Å²) in [7, 11) is 1.39. The minimum absolute atomic E-state index is 0.453. The number of rotatable bonds is 2. The van der Waals surface area contributed by atoms with Crippen molar-refractivity contribution in [3.8, 4) is 16.8 Å². The molecule has 6 rings (SSSR count). The molecule has 0 spiro atoms. The van der Waals surface area contributed by atoms with Crippen molar-refractivity contribution in [2.45, 2.75) is 0 Å². The summed E-state index contributed by atoms with van der Waals surface area (Å²) in [6.07, 6.45) is -0.453. The van der Waals surface area contributed by atoms with Crippen molar-refractivity contribution in [3.63, 3.8) is 0 Å². The largest absolute Gasteiger partial charge is 0.452 e. The van der Waals surface area contributed by atoms with Crippen LogP contribution < -0.4 is 0 Å². The SMILES string of the molecule is COC(=O)n1c(Br)c(Br)c2cccc(-c3cccc4c5ccccc5n(-c5ccccc5)c34)c21. The van der Waals surface area contributed by atoms with Crippen molar-refractivity contribution in [2.24, 2.45) is 0 Å². The van der Waals surface area contributed by atoms with Crippen LogP contribution in [0.2, 0.25) is 0 Å². The van der Waals surface area contributed by atoms with Crippen molar-refractivity contribution in [1.82, 2.24) is 9.13 Å². The highest BCUT2D eigenvalue weighted by atomic mass is 79.9. The predicted molar refractivity (Wildman–Crippen MR) is 145 cm³/mol. The first-order valence-corrected chi connectivity index (χ1v) is 12.3. The van der Waals surface area contributed by atoms with Gasteiger partial charge in [-0.05, 0) is 50.1 Å². The van der Waals surface area contributed by atoms with Crippen LogP contribution in [0.25, 0.3) is 49.5 Å². The average Bonchev–Trinajstić information content (AvgIpc) is 3.36. The Kier molecular flexibility index (Phi) is 5.08. The van der Waals surface area contributed by atoms with E-state index in [1.165, 1.54) is 12.5 Å². The third kappa shape index (κ3) is 2.99. The van der Waals surface area contributed by atoms with Crippen molar-refractivity contribution in [3.05, 3.63) is 100 Å². The van der Waals surface area contributed by atoms with Gasteiger partial charge in [0.1, 0.15) is 4.60 Å². The summed E-state index contributed by atoms with van der Waals surface area (Å²) in [5.74, 6) is 0. The summed E-state index contributed by atoms with van der Waals surface area (Å²) in [6, 6.07) is 31.2. The molecular formula is C28H18Br2N2O2. The van der Waals surface area contributed by atoms with Crippen LogP contribution in [0.5, 0.6) is 0 Å². The molecule has 0 aliphatic carbocycles. The predicted octanol–water partition coefficient (Wildman–Crippen LogP) is 8.54. The number of carbonyl (C=O) groups excluding carboxylic acids is 1. The average molecular weight is 574 g/mol. The Labute approximate surface area is 212 Å². The molecule has 34 heavy (non-hydrogen) atoms. The molecule has 0 N–H and O–H groups in total. The van der Waals surface area contributed by atoms with E-state index in [1.54, 1.807) is 4.57 Å². The summed E-state index contributed by atoms with van der Waals surface area (Å²) >= 11 is 7.23. The van der Waals surface area contributed by atoms with Gasteiger partial charge in [0.25, 0.3) is 0 Å². The number of para-hydroxylation sites is 4. The highest BCUT2D eigenvalue weighted by molar-refractivity contribution is 9.13. The van der Waals surface area contributed by atoms with E-state index in [9.17, 15) is 4.79 Å². The third-order valence-electron chi connectivity index (χ3n) is 6.23. The quantitative estimate of drug-likeness (QED) is 0.208. The van der Waals surface area contributed by atoms with Gasteiger partial charge in [-0.25, -0.2) is 9.36 Å². The number of benzene rings is 4. The number of hydrogen-bond acceptors (Lipinski definition) is 2. The molecule has 4 nitrogen and oxygen atoms in total. The van der Waals surface area contributed by atoms with Crippen LogP contribution in [0.3, 0.4) is 0 Å². The van der Waals surface area contributed by atoms with Gasteiger partial charge in [-0.1, -0.05) is 72.8 Å². The van der Waals surface area contributed by atoms with E-state index < -0.39 is 6.09 Å². The molecule has 0 saturated carbocycles. The Morgan fingerprint density at radius 1 is 0.706 bits per heavy atom. The lowest BCUT2D eigenvalue weighted by atomic mass is 10.00. The number of aromatic nitrogens is 2. The van der Waals surface area contributed by atoms with E-state index in [4.69, 9.17) is 4.74 Å². The Morgan fingerprint density at radius 3 is 2.06 bits per heavy atom. The molecule has 0 atom stereocenters. The van der Waals surface area contributed by atoms with Crippen LogP contribution in [-0.2, 0) is 4.74 Å². The molecule has 6 heteroatoms. The zero-order chi connectivity index (χ0) is 23.4. The van der Waals surface area contributed by atoms with Gasteiger partial charge in [-0.15, -0.1) is 0 Å². The second-order valence-electron chi connectivity index (χ2n) is 8.00. The summed E-state index contributed by atoms with van der Waals surface area (Å²) in [4.78, 5) is 12.8. The van der Waals surface area contributed by atoms with Gasteiger partial charge < -0.3 is 9.30 Å². The Bertz CT molecular complexity index is 1730. The van der Waals surface area contributed by atoms with Gasteiger partial charge in [-0.2, -0.15) is 0 Å². The lowest BCUT2D eigenvalue weighted by Gasteiger charge is -2.13. The van der Waals surface area contributed by atoms with Crippen LogP contribution in [0.1, 0.15) is 0 Å². The van der Waals surface area contributed by atoms with E-state index in [0.29, 0.717) is 4.60 Å². The van der Waals surface area contributed by atoms with Gasteiger partial charge in [0.15, 0.2) is 0 Å². The topological polar surface area (TPSA) is 36.2 Å². The minimum Gasteiger partial charge on any atom is -0.452 e. The highest BCUT2D eigenvalue weighted by Gasteiger charge is 2.24. The third-order valence-corrected chi connectivity index (χ3v) is 8.32. The zero-order valence-corrected chi connectivity index (χ0v) is 21.3. The Morgan fingerprint density at radius 2 is 1.32 bits per heavy atom. The second kappa shape index (κ2) is 8.15. The molecule has 0 aliphatic rings. The first-order valence-electron chi connectivity index (χ1n) is 10.8. The fraction of sp³-hybridized carbons (Fsp3) is 0.0357. The van der Waals surface area contributed by atoms with E-state index in [1.807, 2.05) is 18.2 Å². The molecular weight excluding hydrogens is 556 g/mol. The maximum Gasteiger partial charge on any atom is 0.419 e. The summed E-state index contributed by atoms with van der Waals surface area (Å²) in [6.45, 7) is 0. The van der Waals surface area contributed by atoms with Gasteiger partial charge in [0.2, 0.25) is 0 Å². The lowest BCUT2D eigenvalue weighted by Crippen LogP contribution is -2.11. The smallest absolute Gasteiger partial charge is 0.419 e. The van der Waals surface area contributed by atoms with Gasteiger partial charge in [-0.3, -0.25) is 0 Å². The molecule has 0 saturated heterocycles. The normalized spacial score (nSPS) is 11.5. The van der Waals surface area contributed by atoms with E-state index in [0.717, 1.165) is 48.6 Å². The zero-order valence-electron chi connectivity index (χ0n) is 18.1. The van der Waals surface area contributed by atoms with Crippen LogP contribution >= 0.6 is 31.9 Å². The molecule has 4 aromatic carbocycles. The standard InChI is InChI=1S/C28H18Br2N2O2/c1-34-28(33)32-26-21(14-8-15-22(26)24(29)27(32)30)20-13-7-12-19-18-11-5-6-16-23(18)31(25(19)20)17-9-3-2-4-10-17/h2-16H,1H3. The van der Waals surface area contributed by atoms with Crippen LogP contribution in [0, 0.1) is 0 Å². The molecule has 2 heterocycles. The number of ether oxygens (including phenoxy) is 1. The number of fused-ring (bicyclic) bond motifs is 4. The Balaban J connectivity index is 1.81. The first-order chi connectivity index (χ1) is 16.6. The summed E-state index contributed by atoms with van der Waals surface area (Å²) < 4.78 is 10.4. The molecule has 0 radical (unpaired) electrons. The van der Waals surface area contributed by atoms with Crippen molar-refractivity contribution in [2.75, 3.05) is 7.11 Å². The molecule has 0 bridgehead atoms. The molecule has 2 aromatic heterocycles. The lowest BCUT2D eigenvalue weighted by molar-refractivity contribution is 0.173. The van der Waals surface area contributed by atoms with Gasteiger partial charge >= 0.3 is 6.09 Å². The molecule has 0 amide bonds. The van der Waals surface area contributed by atoms with Gasteiger partial charge in [0, 0.05) is 33.0 Å². The highest BCUT2D eigenvalue weighted by Crippen LogP contribution is 2.43. The number of halogens is 2. The molecule has 0 aliphatic heterocycles. The molecule has 6 aromatic rings. The summed E-state index contributed by atoms with van der Waals surface area (Å²) in [5, 5.41) is 3.26. The van der Waals surface area contributed by atoms with Crippen molar-refractivity contribution < 1.29 is 9.53 Å². The second-order valence-corrected chi connectivity index (χ2v) is 9.55. The van der Waals surface area contributed by atoms with Crippen LogP contribution in [-0.4, -0.2) is 22.3 Å². The molecule has 166 valence electrons. The fourth-order valence-corrected chi connectivity index (χ4v) is 5.86. The number of methoxy groups -OCH3 is 1. The molecule has 0 fully saturated rings. The minimum atomic E-state index is -0.453. The van der Waals surface area contributed by atoms with Crippen LogP contribution in [0.15, 0.2) is 100 Å². The number of nitrogens with zero attached hydrogens (tertiary/aromatic N) is 2. The fourth-order valence-electron chi connectivity index (χ4n) is 4.83. The van der Waals surface area contributed by atoms with Gasteiger partial charge in [0.05, 0.1) is 28.1 Å². The number of carbonyl (C=O) groups is 1. The summed E-state index contributed by atoms with van der Waals surface area (Å²) in [5.41, 5.74) is 6.07. The maximum absolute atomic E-state index is 12.8. The Hall–Kier alpha value is -3.35. The van der Waals surface area contributed by atoms with Crippen molar-refractivity contribution in [1.29, 1.82) is 0 Å². The van der Waals surface area contributed by atoms with Crippen LogP contribution in [0.4, 0.5) is 4.79 Å². The van der Waals surface area contributed by atoms with E-state index >= 15 is 0 Å². The maximum atomic E-state index is 12.8. The van der Waals surface area contributed by atoms with E-state index in [2.05, 4.69) is 109 Å². The molecule has 0 unspecified atom stereocenters. The number of hydrogen-bond donors (Lipinski definition) is 0. The van der Waals surface area contributed by atoms with E-state index in [-0.39, 0.29) is 0 Å². The van der Waals surface area contributed by atoms with Crippen molar-refractivity contribution >= 4 is 70.7 Å². The first kappa shape index (κ1) is 21.2.